The number of carbonyl (C=O) groups is 1. The number of guanidine groups is 1. The number of hydrogen-bond donors (Lipinski definition) is 3. The molecule has 0 saturated carbocycles. The van der Waals surface area contributed by atoms with Crippen molar-refractivity contribution < 1.29 is 9.53 Å². The van der Waals surface area contributed by atoms with Crippen molar-refractivity contribution in [3.05, 3.63) is 35.5 Å². The van der Waals surface area contributed by atoms with Crippen LogP contribution in [0.15, 0.2) is 34.5 Å². The number of fused-ring (bicyclic) bond motifs is 1. The lowest BCUT2D eigenvalue weighted by Crippen LogP contribution is -2.23. The van der Waals surface area contributed by atoms with Gasteiger partial charge in [-0.1, -0.05) is 18.2 Å². The van der Waals surface area contributed by atoms with Crippen LogP contribution in [0.1, 0.15) is 18.2 Å². The number of nitrogens with two attached hydrogens (primary N) is 2. The number of aromatic nitrogens is 1. The lowest BCUT2D eigenvalue weighted by molar-refractivity contribution is -0.134. The van der Waals surface area contributed by atoms with E-state index in [1.807, 2.05) is 31.2 Å². The van der Waals surface area contributed by atoms with Crippen LogP contribution in [-0.2, 0) is 9.53 Å². The largest absolute Gasteiger partial charge is 0.461 e. The molecular formula is C14H17N5O2. The van der Waals surface area contributed by atoms with Crippen molar-refractivity contribution >= 4 is 28.5 Å². The van der Waals surface area contributed by atoms with Crippen molar-refractivity contribution in [2.75, 3.05) is 6.61 Å². The highest BCUT2D eigenvalue weighted by Crippen LogP contribution is 2.23. The first-order valence-corrected chi connectivity index (χ1v) is 6.46. The highest BCUT2D eigenvalue weighted by atomic mass is 16.5. The zero-order valence-electron chi connectivity index (χ0n) is 11.9. The zero-order valence-corrected chi connectivity index (χ0v) is 11.9. The number of nitrogens with zero attached hydrogens (tertiary/aromatic N) is 2. The smallest absolute Gasteiger partial charge is 0.359 e. The standard InChI is InChI=1S/C14H17N5O2/c1-3-21-13(20)12(18-19-14(15)16)11-8(2)17-10-7-5-4-6-9(10)11/h4-7,17H,3H2,1-2H3,(H4,15,16,19)/b18-12+. The molecule has 0 radical (unpaired) electrons. The van der Waals surface area contributed by atoms with Crippen LogP contribution in [0.4, 0.5) is 0 Å². The van der Waals surface area contributed by atoms with Gasteiger partial charge < -0.3 is 21.2 Å². The molecule has 0 amide bonds. The van der Waals surface area contributed by atoms with Crippen LogP contribution in [0.3, 0.4) is 0 Å². The molecule has 0 saturated heterocycles. The third-order valence-electron chi connectivity index (χ3n) is 2.86. The molecule has 21 heavy (non-hydrogen) atoms. The van der Waals surface area contributed by atoms with Crippen molar-refractivity contribution in [1.29, 1.82) is 0 Å². The van der Waals surface area contributed by atoms with Gasteiger partial charge in [0.05, 0.1) is 6.61 Å². The summed E-state index contributed by atoms with van der Waals surface area (Å²) < 4.78 is 5.03. The van der Waals surface area contributed by atoms with Crippen molar-refractivity contribution in [3.8, 4) is 0 Å². The summed E-state index contributed by atoms with van der Waals surface area (Å²) in [6.45, 7) is 3.80. The van der Waals surface area contributed by atoms with Gasteiger partial charge in [-0.25, -0.2) is 4.79 Å². The molecular weight excluding hydrogens is 270 g/mol. The van der Waals surface area contributed by atoms with Gasteiger partial charge in [0.2, 0.25) is 5.96 Å². The predicted octanol–water partition coefficient (Wildman–Crippen LogP) is 1.02. The Balaban J connectivity index is 2.64. The number of aryl methyl sites for hydroxylation is 1. The molecule has 7 nitrogen and oxygen atoms in total. The second-order valence-corrected chi connectivity index (χ2v) is 4.36. The first-order valence-electron chi connectivity index (χ1n) is 6.46. The Bertz CT molecular complexity index is 726. The van der Waals surface area contributed by atoms with Crippen LogP contribution < -0.4 is 11.5 Å². The molecule has 0 unspecified atom stereocenters. The summed E-state index contributed by atoms with van der Waals surface area (Å²) in [4.78, 5) is 15.3. The first-order chi connectivity index (χ1) is 10.0. The van der Waals surface area contributed by atoms with Crippen molar-refractivity contribution in [2.24, 2.45) is 21.7 Å². The van der Waals surface area contributed by atoms with Crippen LogP contribution in [0.25, 0.3) is 10.9 Å². The summed E-state index contributed by atoms with van der Waals surface area (Å²) in [7, 11) is 0. The third-order valence-corrected chi connectivity index (χ3v) is 2.86. The molecule has 2 rings (SSSR count). The number of ether oxygens (including phenoxy) is 1. The van der Waals surface area contributed by atoms with E-state index in [1.165, 1.54) is 0 Å². The molecule has 1 heterocycles. The van der Waals surface area contributed by atoms with Crippen LogP contribution in [0.2, 0.25) is 0 Å². The summed E-state index contributed by atoms with van der Waals surface area (Å²) in [5.41, 5.74) is 12.9. The summed E-state index contributed by atoms with van der Waals surface area (Å²) >= 11 is 0. The molecule has 1 aromatic heterocycles. The van der Waals surface area contributed by atoms with E-state index in [1.54, 1.807) is 6.92 Å². The molecule has 5 N–H and O–H groups in total. The van der Waals surface area contributed by atoms with Gasteiger partial charge in [-0.2, -0.15) is 0 Å². The van der Waals surface area contributed by atoms with E-state index in [0.29, 0.717) is 5.56 Å². The zero-order chi connectivity index (χ0) is 15.4. The molecule has 1 aromatic carbocycles. The SMILES string of the molecule is CCOC(=O)/C(=N/N=C(N)N)c1c(C)[nH]c2ccccc12. The van der Waals surface area contributed by atoms with Crippen LogP contribution in [0, 0.1) is 6.92 Å². The number of hydrogen-bond acceptors (Lipinski definition) is 4. The van der Waals surface area contributed by atoms with Gasteiger partial charge in [0.15, 0.2) is 5.71 Å². The number of esters is 1. The van der Waals surface area contributed by atoms with Crippen molar-refractivity contribution in [3.63, 3.8) is 0 Å². The molecule has 0 atom stereocenters. The van der Waals surface area contributed by atoms with E-state index >= 15 is 0 Å². The number of benzene rings is 1. The maximum atomic E-state index is 12.1. The predicted molar refractivity (Wildman–Crippen MR) is 82.0 cm³/mol. The number of H-pyrrole nitrogens is 1. The quantitative estimate of drug-likeness (QED) is 0.336. The van der Waals surface area contributed by atoms with E-state index in [-0.39, 0.29) is 18.3 Å². The number of aromatic amines is 1. The molecule has 7 heteroatoms. The molecule has 0 fully saturated rings. The monoisotopic (exact) mass is 287 g/mol. The van der Waals surface area contributed by atoms with Gasteiger partial charge in [-0.05, 0) is 19.9 Å². The van der Waals surface area contributed by atoms with E-state index in [0.717, 1.165) is 16.6 Å². The summed E-state index contributed by atoms with van der Waals surface area (Å²) in [6.07, 6.45) is 0. The van der Waals surface area contributed by atoms with E-state index in [9.17, 15) is 4.79 Å². The van der Waals surface area contributed by atoms with E-state index in [4.69, 9.17) is 16.2 Å². The molecule has 2 aromatic rings. The Morgan fingerprint density at radius 1 is 1.29 bits per heavy atom. The normalized spacial score (nSPS) is 11.4. The molecule has 0 spiro atoms. The maximum Gasteiger partial charge on any atom is 0.359 e. The highest BCUT2D eigenvalue weighted by molar-refractivity contribution is 6.45. The van der Waals surface area contributed by atoms with Gasteiger partial charge in [0.1, 0.15) is 0 Å². The average Bonchev–Trinajstić information content (AvgIpc) is 2.76. The second-order valence-electron chi connectivity index (χ2n) is 4.36. The number of para-hydroxylation sites is 1. The van der Waals surface area contributed by atoms with Crippen LogP contribution in [0.5, 0.6) is 0 Å². The van der Waals surface area contributed by atoms with Gasteiger partial charge in [-0.15, -0.1) is 10.2 Å². The fourth-order valence-corrected chi connectivity index (χ4v) is 2.08. The molecule has 110 valence electrons. The highest BCUT2D eigenvalue weighted by Gasteiger charge is 2.22. The van der Waals surface area contributed by atoms with Crippen molar-refractivity contribution in [2.45, 2.75) is 13.8 Å². The molecule has 0 aliphatic heterocycles. The maximum absolute atomic E-state index is 12.1. The average molecular weight is 287 g/mol. The number of carbonyl (C=O) groups excluding carboxylic acids is 1. The van der Waals surface area contributed by atoms with Gasteiger partial charge in [0, 0.05) is 22.2 Å². The van der Waals surface area contributed by atoms with Crippen LogP contribution in [-0.4, -0.2) is 29.2 Å². The third kappa shape index (κ3) is 3.02. The Morgan fingerprint density at radius 2 is 2.00 bits per heavy atom. The van der Waals surface area contributed by atoms with E-state index < -0.39 is 5.97 Å². The summed E-state index contributed by atoms with van der Waals surface area (Å²) in [5.74, 6) is -0.801. The lowest BCUT2D eigenvalue weighted by atomic mass is 10.1. The first kappa shape index (κ1) is 14.6. The second kappa shape index (κ2) is 6.08. The van der Waals surface area contributed by atoms with Crippen molar-refractivity contribution in [1.82, 2.24) is 4.98 Å². The number of rotatable bonds is 4. The van der Waals surface area contributed by atoms with Gasteiger partial charge >= 0.3 is 5.97 Å². The minimum atomic E-state index is -0.574. The molecule has 0 aliphatic carbocycles. The minimum Gasteiger partial charge on any atom is -0.461 e. The topological polar surface area (TPSA) is 119 Å². The minimum absolute atomic E-state index is 0.0696. The molecule has 0 aliphatic rings. The van der Waals surface area contributed by atoms with Gasteiger partial charge in [-0.3, -0.25) is 0 Å². The fourth-order valence-electron chi connectivity index (χ4n) is 2.08. The lowest BCUT2D eigenvalue weighted by Gasteiger charge is -2.05. The van der Waals surface area contributed by atoms with E-state index in [2.05, 4.69) is 15.2 Å². The Labute approximate surface area is 121 Å². The Morgan fingerprint density at radius 3 is 2.67 bits per heavy atom. The fraction of sp³-hybridized carbons (Fsp3) is 0.214. The summed E-state index contributed by atoms with van der Waals surface area (Å²) in [6, 6.07) is 7.58. The Hall–Kier alpha value is -2.83. The Kier molecular flexibility index (Phi) is 4.22. The molecule has 0 bridgehead atoms. The van der Waals surface area contributed by atoms with Crippen LogP contribution >= 0.6 is 0 Å². The number of nitrogens with one attached hydrogen (secondary N) is 1. The van der Waals surface area contributed by atoms with Gasteiger partial charge in [0.25, 0.3) is 0 Å². The summed E-state index contributed by atoms with van der Waals surface area (Å²) in [5, 5.41) is 8.29.